The van der Waals surface area contributed by atoms with E-state index in [2.05, 4.69) is 20.7 Å². The fourth-order valence-electron chi connectivity index (χ4n) is 4.91. The van der Waals surface area contributed by atoms with E-state index >= 15 is 0 Å². The molecule has 35 heavy (non-hydrogen) atoms. The molecule has 0 spiro atoms. The molecule has 2 aliphatic rings. The van der Waals surface area contributed by atoms with Crippen molar-refractivity contribution in [1.82, 2.24) is 29.5 Å². The molecule has 5 heterocycles. The molecule has 2 fully saturated rings. The standard InChI is InChI=1S/C24H26FN7O3/c1-26-21-8-18(15-10-31(19-12-35-11-16(19)25)22-13(15)4-3-7-27-22)29-23-14(9-28-32(21)23)24(33)30-17-5-6-20(17)34-2/h3-4,7-10,16-17,19-20,26H,5-6,11-12H2,1-2H3,(H,30,33)/t16-,17+,19+,20+/m1/s1. The third kappa shape index (κ3) is 3.53. The zero-order valence-corrected chi connectivity index (χ0v) is 19.4. The summed E-state index contributed by atoms with van der Waals surface area (Å²) < 4.78 is 28.8. The Morgan fingerprint density at radius 1 is 1.29 bits per heavy atom. The number of rotatable bonds is 6. The number of hydrogen-bond donors (Lipinski definition) is 2. The van der Waals surface area contributed by atoms with Gasteiger partial charge in [-0.05, 0) is 25.0 Å². The lowest BCUT2D eigenvalue weighted by molar-refractivity contribution is 0.00732. The first-order valence-corrected chi connectivity index (χ1v) is 11.7. The zero-order chi connectivity index (χ0) is 24.1. The first-order chi connectivity index (χ1) is 17.1. The minimum atomic E-state index is -1.11. The number of carbonyl (C=O) groups excluding carboxylic acids is 1. The lowest BCUT2D eigenvalue weighted by atomic mass is 9.89. The SMILES string of the molecule is CNc1cc(-c2cn([C@H]3COC[C@H]3F)c3ncccc23)nc2c(C(=O)N[C@H]3CC[C@@H]3OC)cnn12. The quantitative estimate of drug-likeness (QED) is 0.438. The van der Waals surface area contributed by atoms with Crippen molar-refractivity contribution in [2.24, 2.45) is 0 Å². The molecule has 4 aromatic heterocycles. The van der Waals surface area contributed by atoms with Crippen LogP contribution in [0, 0.1) is 0 Å². The minimum Gasteiger partial charge on any atom is -0.379 e. The van der Waals surface area contributed by atoms with Crippen LogP contribution >= 0.6 is 0 Å². The van der Waals surface area contributed by atoms with E-state index in [4.69, 9.17) is 14.5 Å². The zero-order valence-electron chi connectivity index (χ0n) is 19.4. The predicted molar refractivity (Wildman–Crippen MR) is 127 cm³/mol. The second-order valence-electron chi connectivity index (χ2n) is 8.95. The van der Waals surface area contributed by atoms with Crippen molar-refractivity contribution >= 4 is 28.4 Å². The lowest BCUT2D eigenvalue weighted by Gasteiger charge is -2.35. The number of amides is 1. The van der Waals surface area contributed by atoms with Crippen molar-refractivity contribution in [3.63, 3.8) is 0 Å². The topological polar surface area (TPSA) is 108 Å². The van der Waals surface area contributed by atoms with Crippen LogP contribution < -0.4 is 10.6 Å². The van der Waals surface area contributed by atoms with Crippen LogP contribution in [0.3, 0.4) is 0 Å². The number of hydrogen-bond acceptors (Lipinski definition) is 7. The highest BCUT2D eigenvalue weighted by Crippen LogP contribution is 2.35. The molecule has 6 rings (SSSR count). The molecule has 4 aromatic rings. The molecule has 1 aliphatic heterocycles. The van der Waals surface area contributed by atoms with Gasteiger partial charge in [-0.3, -0.25) is 4.79 Å². The first-order valence-electron chi connectivity index (χ1n) is 11.7. The van der Waals surface area contributed by atoms with Gasteiger partial charge in [0.25, 0.3) is 5.91 Å². The largest absolute Gasteiger partial charge is 0.379 e. The second-order valence-corrected chi connectivity index (χ2v) is 8.95. The number of pyridine rings is 1. The summed E-state index contributed by atoms with van der Waals surface area (Å²) in [4.78, 5) is 22.5. The van der Waals surface area contributed by atoms with E-state index in [1.54, 1.807) is 24.9 Å². The highest BCUT2D eigenvalue weighted by molar-refractivity contribution is 6.01. The Balaban J connectivity index is 1.45. The fourth-order valence-corrected chi connectivity index (χ4v) is 4.91. The van der Waals surface area contributed by atoms with Gasteiger partial charge in [-0.25, -0.2) is 14.4 Å². The molecule has 0 bridgehead atoms. The number of nitrogens with zero attached hydrogens (tertiary/aromatic N) is 5. The van der Waals surface area contributed by atoms with E-state index in [9.17, 15) is 9.18 Å². The summed E-state index contributed by atoms with van der Waals surface area (Å²) in [5.41, 5.74) is 2.88. The number of nitrogens with one attached hydrogen (secondary N) is 2. The Hall–Kier alpha value is -3.57. The molecule has 10 nitrogen and oxygen atoms in total. The normalized spacial score (nSPS) is 24.1. The summed E-state index contributed by atoms with van der Waals surface area (Å²) in [6.07, 6.45) is 5.79. The third-order valence-electron chi connectivity index (χ3n) is 7.01. The van der Waals surface area contributed by atoms with Crippen molar-refractivity contribution in [1.29, 1.82) is 0 Å². The van der Waals surface area contributed by atoms with Gasteiger partial charge >= 0.3 is 0 Å². The molecule has 0 aromatic carbocycles. The molecular formula is C24H26FN7O3. The highest BCUT2D eigenvalue weighted by atomic mass is 19.1. The number of aromatic nitrogens is 5. The van der Waals surface area contributed by atoms with Crippen molar-refractivity contribution in [3.05, 3.63) is 42.4 Å². The van der Waals surface area contributed by atoms with Gasteiger partial charge in [0.05, 0.1) is 43.3 Å². The molecule has 1 saturated carbocycles. The summed E-state index contributed by atoms with van der Waals surface area (Å²) in [6.45, 7) is 0.353. The van der Waals surface area contributed by atoms with E-state index in [0.717, 1.165) is 23.8 Å². The number of halogens is 1. The maximum absolute atomic E-state index is 14.6. The minimum absolute atomic E-state index is 0.0229. The summed E-state index contributed by atoms with van der Waals surface area (Å²) in [6, 6.07) is 5.16. The molecule has 1 aliphatic carbocycles. The molecule has 11 heteroatoms. The van der Waals surface area contributed by atoms with Crippen LogP contribution in [0.25, 0.3) is 27.9 Å². The Kier molecular flexibility index (Phi) is 5.37. The van der Waals surface area contributed by atoms with Crippen LogP contribution in [0.2, 0.25) is 0 Å². The van der Waals surface area contributed by atoms with Gasteiger partial charge in [-0.2, -0.15) is 9.61 Å². The van der Waals surface area contributed by atoms with Crippen LogP contribution in [0.4, 0.5) is 10.2 Å². The number of carbonyl (C=O) groups is 1. The van der Waals surface area contributed by atoms with Crippen LogP contribution in [-0.2, 0) is 9.47 Å². The summed E-state index contributed by atoms with van der Waals surface area (Å²) >= 11 is 0. The van der Waals surface area contributed by atoms with Gasteiger partial charge in [0, 0.05) is 43.6 Å². The van der Waals surface area contributed by atoms with Crippen LogP contribution in [0.5, 0.6) is 0 Å². The van der Waals surface area contributed by atoms with Gasteiger partial charge in [-0.15, -0.1) is 0 Å². The van der Waals surface area contributed by atoms with Crippen molar-refractivity contribution in [3.8, 4) is 11.3 Å². The van der Waals surface area contributed by atoms with Crippen LogP contribution in [-0.4, -0.2) is 75.7 Å². The number of fused-ring (bicyclic) bond motifs is 2. The molecule has 1 amide bonds. The van der Waals surface area contributed by atoms with Gasteiger partial charge in [0.2, 0.25) is 0 Å². The van der Waals surface area contributed by atoms with E-state index in [-0.39, 0.29) is 31.3 Å². The molecule has 4 atom stereocenters. The van der Waals surface area contributed by atoms with Gasteiger partial charge in [0.1, 0.15) is 23.2 Å². The lowest BCUT2D eigenvalue weighted by Crippen LogP contribution is -2.51. The second kappa shape index (κ2) is 8.58. The maximum atomic E-state index is 14.6. The fraction of sp³-hybridized carbons (Fsp3) is 0.417. The molecule has 1 saturated heterocycles. The molecule has 2 N–H and O–H groups in total. The monoisotopic (exact) mass is 479 g/mol. The molecule has 0 unspecified atom stereocenters. The Morgan fingerprint density at radius 3 is 2.89 bits per heavy atom. The molecular weight excluding hydrogens is 453 g/mol. The van der Waals surface area contributed by atoms with Crippen molar-refractivity contribution in [2.75, 3.05) is 32.7 Å². The Morgan fingerprint density at radius 2 is 2.17 bits per heavy atom. The van der Waals surface area contributed by atoms with Crippen LogP contribution in [0.15, 0.2) is 36.8 Å². The summed E-state index contributed by atoms with van der Waals surface area (Å²) in [5, 5.41) is 11.4. The van der Waals surface area contributed by atoms with Gasteiger partial charge in [-0.1, -0.05) is 0 Å². The highest BCUT2D eigenvalue weighted by Gasteiger charge is 2.34. The van der Waals surface area contributed by atoms with Gasteiger partial charge in [0.15, 0.2) is 5.65 Å². The summed E-state index contributed by atoms with van der Waals surface area (Å²) in [5.74, 6) is 0.422. The van der Waals surface area contributed by atoms with E-state index in [0.29, 0.717) is 28.4 Å². The molecule has 182 valence electrons. The van der Waals surface area contributed by atoms with Gasteiger partial charge < -0.3 is 24.7 Å². The van der Waals surface area contributed by atoms with Crippen molar-refractivity contribution < 1.29 is 18.7 Å². The number of anilines is 1. The van der Waals surface area contributed by atoms with Crippen LogP contribution in [0.1, 0.15) is 29.2 Å². The average molecular weight is 480 g/mol. The van der Waals surface area contributed by atoms with E-state index in [1.165, 1.54) is 6.20 Å². The predicted octanol–water partition coefficient (Wildman–Crippen LogP) is 2.60. The Bertz CT molecular complexity index is 1420. The van der Waals surface area contributed by atoms with E-state index in [1.807, 2.05) is 29.0 Å². The first kappa shape index (κ1) is 21.9. The molecule has 0 radical (unpaired) electrons. The maximum Gasteiger partial charge on any atom is 0.257 e. The number of methoxy groups -OCH3 is 1. The van der Waals surface area contributed by atoms with E-state index < -0.39 is 12.2 Å². The average Bonchev–Trinajstić information content (AvgIpc) is 3.57. The van der Waals surface area contributed by atoms with Crippen molar-refractivity contribution in [2.45, 2.75) is 37.2 Å². The Labute approximate surface area is 200 Å². The smallest absolute Gasteiger partial charge is 0.257 e. The summed E-state index contributed by atoms with van der Waals surface area (Å²) in [7, 11) is 3.44. The number of alkyl halides is 1. The number of ether oxygens (including phenoxy) is 2. The third-order valence-corrected chi connectivity index (χ3v) is 7.01.